The number of carbonyl (C=O) groups excluding carboxylic acids is 1. The fourth-order valence-corrected chi connectivity index (χ4v) is 1.95. The van der Waals surface area contributed by atoms with Gasteiger partial charge in [-0.15, -0.1) is 0 Å². The zero-order chi connectivity index (χ0) is 13.9. The molecule has 2 rings (SSSR count). The molecule has 3 unspecified atom stereocenters. The molecule has 4 N–H and O–H groups in total. The Balaban J connectivity index is 0.000000203. The highest BCUT2D eigenvalue weighted by atomic mass is 19.4. The number of piperidine rings is 1. The maximum atomic E-state index is 10.9. The molecule has 2 bridgehead atoms. The molecule has 6 nitrogen and oxygen atoms in total. The number of carboxylic acid groups (broad SMARTS) is 1. The van der Waals surface area contributed by atoms with Crippen LogP contribution in [0.1, 0.15) is 12.8 Å². The van der Waals surface area contributed by atoms with E-state index in [0.717, 1.165) is 26.1 Å². The smallest absolute Gasteiger partial charge is 0.475 e. The van der Waals surface area contributed by atoms with Crippen LogP contribution < -0.4 is 11.1 Å². The van der Waals surface area contributed by atoms with E-state index in [0.29, 0.717) is 6.04 Å². The van der Waals surface area contributed by atoms with Crippen LogP contribution in [-0.4, -0.2) is 53.4 Å². The van der Waals surface area contributed by atoms with Crippen LogP contribution in [0.5, 0.6) is 0 Å². The van der Waals surface area contributed by atoms with E-state index in [1.807, 2.05) is 0 Å². The Morgan fingerprint density at radius 2 is 1.89 bits per heavy atom. The summed E-state index contributed by atoms with van der Waals surface area (Å²) in [5, 5.41) is 10.4. The molecular weight excluding hydrogens is 255 g/mol. The van der Waals surface area contributed by atoms with Crippen molar-refractivity contribution >= 4 is 11.9 Å². The average molecular weight is 269 g/mol. The predicted molar refractivity (Wildman–Crippen MR) is 54.4 cm³/mol. The van der Waals surface area contributed by atoms with Crippen molar-refractivity contribution in [1.29, 1.82) is 0 Å². The van der Waals surface area contributed by atoms with E-state index in [-0.39, 0.29) is 11.9 Å². The average Bonchev–Trinajstić information content (AvgIpc) is 2.59. The number of hydrogen-bond donors (Lipinski definition) is 3. The third kappa shape index (κ3) is 3.84. The standard InChI is InChI=1S/C7H13N3O.C2HF3O2/c8-7(11)6-2-1-5-3-10(6)4-9-5;3-2(4,5)1(6)7/h5-6,9H,1-4H2,(H2,8,11);(H,6,7). The Morgan fingerprint density at radius 1 is 1.33 bits per heavy atom. The molecule has 0 saturated carbocycles. The van der Waals surface area contributed by atoms with Crippen LogP contribution in [0.4, 0.5) is 13.2 Å². The normalized spacial score (nSPS) is 30.3. The summed E-state index contributed by atoms with van der Waals surface area (Å²) in [6, 6.07) is 0.590. The summed E-state index contributed by atoms with van der Waals surface area (Å²) in [7, 11) is 0. The molecule has 2 heterocycles. The Kier molecular flexibility index (Phi) is 4.52. The monoisotopic (exact) mass is 269 g/mol. The van der Waals surface area contributed by atoms with Gasteiger partial charge in [0.15, 0.2) is 0 Å². The van der Waals surface area contributed by atoms with Crippen molar-refractivity contribution in [2.24, 2.45) is 5.73 Å². The molecule has 2 aliphatic rings. The van der Waals surface area contributed by atoms with Gasteiger partial charge in [0, 0.05) is 19.3 Å². The molecule has 3 atom stereocenters. The number of hydrogen-bond acceptors (Lipinski definition) is 4. The Morgan fingerprint density at radius 3 is 2.33 bits per heavy atom. The molecular formula is C9H14F3N3O3. The first kappa shape index (κ1) is 14.7. The van der Waals surface area contributed by atoms with E-state index in [1.54, 1.807) is 0 Å². The lowest BCUT2D eigenvalue weighted by molar-refractivity contribution is -0.192. The highest BCUT2D eigenvalue weighted by Gasteiger charge is 2.38. The molecule has 0 aromatic heterocycles. The second-order valence-electron chi connectivity index (χ2n) is 4.13. The van der Waals surface area contributed by atoms with Gasteiger partial charge in [-0.25, -0.2) is 4.79 Å². The van der Waals surface area contributed by atoms with E-state index >= 15 is 0 Å². The second kappa shape index (κ2) is 5.53. The summed E-state index contributed by atoms with van der Waals surface area (Å²) in [6.07, 6.45) is -3.07. The highest BCUT2D eigenvalue weighted by Crippen LogP contribution is 2.20. The highest BCUT2D eigenvalue weighted by molar-refractivity contribution is 5.80. The van der Waals surface area contributed by atoms with Crippen molar-refractivity contribution in [3.05, 3.63) is 0 Å². The van der Waals surface area contributed by atoms with Gasteiger partial charge in [0.25, 0.3) is 0 Å². The second-order valence-corrected chi connectivity index (χ2v) is 4.13. The van der Waals surface area contributed by atoms with Gasteiger partial charge >= 0.3 is 12.1 Å². The number of carbonyl (C=O) groups is 2. The number of alkyl halides is 3. The topological polar surface area (TPSA) is 95.7 Å². The molecule has 18 heavy (non-hydrogen) atoms. The van der Waals surface area contributed by atoms with Gasteiger partial charge in [0.05, 0.1) is 6.04 Å². The van der Waals surface area contributed by atoms with E-state index in [1.165, 1.54) is 0 Å². The molecule has 2 fully saturated rings. The molecule has 0 spiro atoms. The third-order valence-corrected chi connectivity index (χ3v) is 2.84. The lowest BCUT2D eigenvalue weighted by Crippen LogP contribution is -2.46. The number of nitrogens with two attached hydrogens (primary N) is 1. The van der Waals surface area contributed by atoms with Crippen molar-refractivity contribution in [3.8, 4) is 0 Å². The van der Waals surface area contributed by atoms with Crippen LogP contribution in [0.25, 0.3) is 0 Å². The number of nitrogens with one attached hydrogen (secondary N) is 1. The van der Waals surface area contributed by atoms with E-state index in [2.05, 4.69) is 10.2 Å². The first-order valence-electron chi connectivity index (χ1n) is 5.28. The Bertz CT molecular complexity index is 335. The molecule has 2 saturated heterocycles. The fraction of sp³-hybridized carbons (Fsp3) is 0.778. The minimum Gasteiger partial charge on any atom is -0.475 e. The molecule has 0 radical (unpaired) electrons. The summed E-state index contributed by atoms with van der Waals surface area (Å²) < 4.78 is 31.7. The minimum absolute atomic E-state index is 0.0127. The van der Waals surface area contributed by atoms with Crippen LogP contribution in [-0.2, 0) is 9.59 Å². The lowest BCUT2D eigenvalue weighted by atomic mass is 10.0. The van der Waals surface area contributed by atoms with Gasteiger partial charge in [-0.1, -0.05) is 0 Å². The van der Waals surface area contributed by atoms with Gasteiger partial charge < -0.3 is 16.2 Å². The summed E-state index contributed by atoms with van der Waals surface area (Å²) in [6.45, 7) is 1.83. The van der Waals surface area contributed by atoms with Gasteiger partial charge in [0.1, 0.15) is 0 Å². The van der Waals surface area contributed by atoms with E-state index in [4.69, 9.17) is 15.6 Å². The summed E-state index contributed by atoms with van der Waals surface area (Å²) in [5.41, 5.74) is 5.24. The van der Waals surface area contributed by atoms with Crippen molar-refractivity contribution in [2.75, 3.05) is 13.2 Å². The number of halogens is 3. The molecule has 0 aliphatic carbocycles. The maximum Gasteiger partial charge on any atom is 0.490 e. The number of nitrogens with zero attached hydrogens (tertiary/aromatic N) is 1. The molecule has 1 amide bonds. The van der Waals surface area contributed by atoms with Crippen molar-refractivity contribution in [1.82, 2.24) is 10.2 Å². The Hall–Kier alpha value is -1.35. The zero-order valence-electron chi connectivity index (χ0n) is 9.41. The number of rotatable bonds is 1. The quantitative estimate of drug-likeness (QED) is 0.596. The number of amides is 1. The van der Waals surface area contributed by atoms with E-state index in [9.17, 15) is 18.0 Å². The third-order valence-electron chi connectivity index (χ3n) is 2.84. The van der Waals surface area contributed by atoms with Crippen LogP contribution in [0.15, 0.2) is 0 Å². The largest absolute Gasteiger partial charge is 0.490 e. The molecule has 9 heteroatoms. The van der Waals surface area contributed by atoms with Crippen molar-refractivity contribution in [3.63, 3.8) is 0 Å². The molecule has 0 aromatic rings. The van der Waals surface area contributed by atoms with Gasteiger partial charge in [-0.2, -0.15) is 13.2 Å². The Labute approximate surface area is 101 Å². The lowest BCUT2D eigenvalue weighted by Gasteiger charge is -2.28. The SMILES string of the molecule is NC(=O)C1CCC2CN1CN2.O=C(O)C(F)(F)F. The van der Waals surface area contributed by atoms with Crippen LogP contribution in [0, 0.1) is 0 Å². The number of carboxylic acids is 1. The van der Waals surface area contributed by atoms with Gasteiger partial charge in [0.2, 0.25) is 5.91 Å². The van der Waals surface area contributed by atoms with Crippen molar-refractivity contribution < 1.29 is 27.9 Å². The summed E-state index contributed by atoms with van der Waals surface area (Å²) in [5.74, 6) is -2.93. The van der Waals surface area contributed by atoms with Crippen molar-refractivity contribution in [2.45, 2.75) is 31.1 Å². The summed E-state index contributed by atoms with van der Waals surface area (Å²) in [4.78, 5) is 21.9. The number of fused-ring (bicyclic) bond motifs is 2. The van der Waals surface area contributed by atoms with Crippen LogP contribution >= 0.6 is 0 Å². The zero-order valence-corrected chi connectivity index (χ0v) is 9.41. The predicted octanol–water partition coefficient (Wildman–Crippen LogP) is -0.501. The fourth-order valence-electron chi connectivity index (χ4n) is 1.95. The minimum atomic E-state index is -5.08. The molecule has 104 valence electrons. The number of primary amides is 1. The first-order chi connectivity index (χ1) is 8.21. The van der Waals surface area contributed by atoms with Gasteiger partial charge in [-0.05, 0) is 12.8 Å². The van der Waals surface area contributed by atoms with Gasteiger partial charge in [-0.3, -0.25) is 9.69 Å². The van der Waals surface area contributed by atoms with Crippen LogP contribution in [0.3, 0.4) is 0 Å². The number of aliphatic carboxylic acids is 1. The first-order valence-corrected chi connectivity index (χ1v) is 5.28. The molecule has 0 aromatic carbocycles. The molecule has 2 aliphatic heterocycles. The maximum absolute atomic E-state index is 10.9. The van der Waals surface area contributed by atoms with Crippen LogP contribution in [0.2, 0.25) is 0 Å². The summed E-state index contributed by atoms with van der Waals surface area (Å²) >= 11 is 0. The van der Waals surface area contributed by atoms with E-state index < -0.39 is 12.1 Å².